The van der Waals surface area contributed by atoms with Crippen LogP contribution in [0.15, 0.2) is 24.3 Å². The fourth-order valence-corrected chi connectivity index (χ4v) is 2.89. The second-order valence-electron chi connectivity index (χ2n) is 6.32. The van der Waals surface area contributed by atoms with E-state index in [1.54, 1.807) is 4.90 Å². The van der Waals surface area contributed by atoms with Crippen LogP contribution in [0.2, 0.25) is 0 Å². The highest BCUT2D eigenvalue weighted by molar-refractivity contribution is 5.89. The molecule has 24 heavy (non-hydrogen) atoms. The van der Waals surface area contributed by atoms with E-state index in [-0.39, 0.29) is 17.7 Å². The molecule has 5 heteroatoms. The van der Waals surface area contributed by atoms with Gasteiger partial charge in [0.15, 0.2) is 0 Å². The monoisotopic (exact) mass is 332 g/mol. The van der Waals surface area contributed by atoms with Gasteiger partial charge in [-0.1, -0.05) is 29.8 Å². The van der Waals surface area contributed by atoms with E-state index in [0.29, 0.717) is 39.3 Å². The zero-order valence-corrected chi connectivity index (χ0v) is 14.7. The lowest BCUT2D eigenvalue weighted by molar-refractivity contribution is -0.129. The predicted molar refractivity (Wildman–Crippen MR) is 93.7 cm³/mol. The second kappa shape index (κ2) is 9.42. The molecule has 0 spiro atoms. The van der Waals surface area contributed by atoms with Crippen LogP contribution >= 0.6 is 0 Å². The Kier molecular flexibility index (Phi) is 7.25. The van der Waals surface area contributed by atoms with Gasteiger partial charge in [-0.25, -0.2) is 0 Å². The van der Waals surface area contributed by atoms with Crippen molar-refractivity contribution in [1.29, 1.82) is 0 Å². The van der Waals surface area contributed by atoms with Crippen LogP contribution in [0.1, 0.15) is 30.9 Å². The molecule has 1 N–H and O–H groups in total. The van der Waals surface area contributed by atoms with Crippen LogP contribution in [0.4, 0.5) is 0 Å². The Labute approximate surface area is 144 Å². The molecular formula is C19H28N2O3. The van der Waals surface area contributed by atoms with Gasteiger partial charge in [0.2, 0.25) is 11.8 Å². The minimum absolute atomic E-state index is 0.0113. The molecule has 1 atom stereocenters. The largest absolute Gasteiger partial charge is 0.382 e. The Morgan fingerprint density at radius 3 is 2.79 bits per heavy atom. The molecule has 0 bridgehead atoms. The summed E-state index contributed by atoms with van der Waals surface area (Å²) in [5.74, 6) is -0.157. The van der Waals surface area contributed by atoms with E-state index in [1.165, 1.54) is 11.1 Å². The number of nitrogens with zero attached hydrogens (tertiary/aromatic N) is 1. The Morgan fingerprint density at radius 1 is 1.33 bits per heavy atom. The third-order valence-electron chi connectivity index (χ3n) is 4.34. The number of hydrogen-bond donors (Lipinski definition) is 1. The van der Waals surface area contributed by atoms with Crippen molar-refractivity contribution in [2.45, 2.75) is 33.1 Å². The first kappa shape index (κ1) is 18.5. The summed E-state index contributed by atoms with van der Waals surface area (Å²) in [6, 6.07) is 8.32. The number of carbonyl (C=O) groups is 2. The highest BCUT2D eigenvalue weighted by Gasteiger charge is 2.33. The smallest absolute Gasteiger partial charge is 0.225 e. The molecule has 132 valence electrons. The molecule has 1 heterocycles. The lowest BCUT2D eigenvalue weighted by Gasteiger charge is -2.16. The summed E-state index contributed by atoms with van der Waals surface area (Å²) < 4.78 is 5.29. The number of hydrogen-bond acceptors (Lipinski definition) is 3. The maximum atomic E-state index is 12.2. The number of nitrogens with one attached hydrogen (secondary N) is 1. The van der Waals surface area contributed by atoms with Gasteiger partial charge >= 0.3 is 0 Å². The fraction of sp³-hybridized carbons (Fsp3) is 0.579. The number of likely N-dealkylation sites (tertiary alicyclic amines) is 1. The fourth-order valence-electron chi connectivity index (χ4n) is 2.89. The van der Waals surface area contributed by atoms with Gasteiger partial charge in [0.25, 0.3) is 0 Å². The van der Waals surface area contributed by atoms with Crippen molar-refractivity contribution < 1.29 is 14.3 Å². The van der Waals surface area contributed by atoms with Crippen molar-refractivity contribution in [3.8, 4) is 0 Å². The zero-order valence-electron chi connectivity index (χ0n) is 14.7. The van der Waals surface area contributed by atoms with Gasteiger partial charge < -0.3 is 15.0 Å². The SMILES string of the molecule is CCOCCCN1C[C@H](C(=O)NCCc2ccc(C)cc2)CC1=O. The first-order valence-corrected chi connectivity index (χ1v) is 8.79. The van der Waals surface area contributed by atoms with Crippen molar-refractivity contribution in [2.24, 2.45) is 5.92 Å². The minimum atomic E-state index is -0.220. The van der Waals surface area contributed by atoms with E-state index in [2.05, 4.69) is 36.5 Å². The topological polar surface area (TPSA) is 58.6 Å². The molecule has 0 aliphatic carbocycles. The molecule has 2 amide bonds. The summed E-state index contributed by atoms with van der Waals surface area (Å²) in [6.45, 7) is 7.18. The molecular weight excluding hydrogens is 304 g/mol. The normalized spacial score (nSPS) is 17.3. The summed E-state index contributed by atoms with van der Waals surface area (Å²) in [6.07, 6.45) is 1.96. The third kappa shape index (κ3) is 5.64. The molecule has 5 nitrogen and oxygen atoms in total. The maximum absolute atomic E-state index is 12.2. The van der Waals surface area contributed by atoms with Crippen molar-refractivity contribution in [3.05, 3.63) is 35.4 Å². The van der Waals surface area contributed by atoms with Crippen molar-refractivity contribution >= 4 is 11.8 Å². The number of ether oxygens (including phenoxy) is 1. The van der Waals surface area contributed by atoms with E-state index in [9.17, 15) is 9.59 Å². The predicted octanol–water partition coefficient (Wildman–Crippen LogP) is 1.93. The highest BCUT2D eigenvalue weighted by atomic mass is 16.5. The van der Waals surface area contributed by atoms with Gasteiger partial charge in [-0.3, -0.25) is 9.59 Å². The van der Waals surface area contributed by atoms with E-state index < -0.39 is 0 Å². The third-order valence-corrected chi connectivity index (χ3v) is 4.34. The molecule has 0 aromatic heterocycles. The number of benzene rings is 1. The number of amides is 2. The van der Waals surface area contributed by atoms with E-state index in [1.807, 2.05) is 6.92 Å². The number of rotatable bonds is 9. The summed E-state index contributed by atoms with van der Waals surface area (Å²) in [5.41, 5.74) is 2.44. The highest BCUT2D eigenvalue weighted by Crippen LogP contribution is 2.18. The van der Waals surface area contributed by atoms with Gasteiger partial charge in [0, 0.05) is 39.3 Å². The first-order chi connectivity index (χ1) is 11.6. The quantitative estimate of drug-likeness (QED) is 0.703. The molecule has 0 saturated carbocycles. The van der Waals surface area contributed by atoms with E-state index in [0.717, 1.165) is 12.8 Å². The van der Waals surface area contributed by atoms with E-state index in [4.69, 9.17) is 4.74 Å². The Morgan fingerprint density at radius 2 is 2.08 bits per heavy atom. The van der Waals surface area contributed by atoms with Gasteiger partial charge in [0.1, 0.15) is 0 Å². The average Bonchev–Trinajstić information content (AvgIpc) is 2.94. The molecule has 2 rings (SSSR count). The maximum Gasteiger partial charge on any atom is 0.225 e. The molecule has 1 aromatic rings. The summed E-state index contributed by atoms with van der Waals surface area (Å²) in [7, 11) is 0. The lowest BCUT2D eigenvalue weighted by atomic mass is 10.1. The minimum Gasteiger partial charge on any atom is -0.382 e. The van der Waals surface area contributed by atoms with Crippen molar-refractivity contribution in [3.63, 3.8) is 0 Å². The van der Waals surface area contributed by atoms with Crippen molar-refractivity contribution in [1.82, 2.24) is 10.2 Å². The molecule has 1 aliphatic rings. The van der Waals surface area contributed by atoms with Gasteiger partial charge in [-0.2, -0.15) is 0 Å². The van der Waals surface area contributed by atoms with Crippen LogP contribution in [0, 0.1) is 12.8 Å². The standard InChI is InChI=1S/C19H28N2O3/c1-3-24-12-4-11-21-14-17(13-18(21)22)19(23)20-10-9-16-7-5-15(2)6-8-16/h5-8,17H,3-4,9-14H2,1-2H3,(H,20,23)/t17-/m1/s1. The second-order valence-corrected chi connectivity index (χ2v) is 6.32. The average molecular weight is 332 g/mol. The molecule has 1 fully saturated rings. The van der Waals surface area contributed by atoms with Crippen LogP contribution < -0.4 is 5.32 Å². The van der Waals surface area contributed by atoms with Crippen LogP contribution in [-0.2, 0) is 20.7 Å². The summed E-state index contributed by atoms with van der Waals surface area (Å²) >= 11 is 0. The van der Waals surface area contributed by atoms with Gasteiger partial charge in [-0.15, -0.1) is 0 Å². The zero-order chi connectivity index (χ0) is 17.4. The van der Waals surface area contributed by atoms with Gasteiger partial charge in [0.05, 0.1) is 5.92 Å². The molecule has 1 aromatic carbocycles. The first-order valence-electron chi connectivity index (χ1n) is 8.79. The van der Waals surface area contributed by atoms with E-state index >= 15 is 0 Å². The Balaban J connectivity index is 1.69. The molecule has 0 unspecified atom stereocenters. The van der Waals surface area contributed by atoms with Crippen LogP contribution in [0.25, 0.3) is 0 Å². The summed E-state index contributed by atoms with van der Waals surface area (Å²) in [5, 5.41) is 2.96. The van der Waals surface area contributed by atoms with Crippen molar-refractivity contribution in [2.75, 3.05) is 32.8 Å². The number of aryl methyl sites for hydroxylation is 1. The molecule has 1 saturated heterocycles. The summed E-state index contributed by atoms with van der Waals surface area (Å²) in [4.78, 5) is 26.0. The van der Waals surface area contributed by atoms with Crippen LogP contribution in [0.3, 0.4) is 0 Å². The van der Waals surface area contributed by atoms with Gasteiger partial charge in [-0.05, 0) is 32.3 Å². The number of carbonyl (C=O) groups excluding carboxylic acids is 2. The van der Waals surface area contributed by atoms with Crippen LogP contribution in [-0.4, -0.2) is 49.6 Å². The molecule has 0 radical (unpaired) electrons. The van der Waals surface area contributed by atoms with Crippen LogP contribution in [0.5, 0.6) is 0 Å². The Hall–Kier alpha value is -1.88. The Bertz CT molecular complexity index is 542. The lowest BCUT2D eigenvalue weighted by Crippen LogP contribution is -2.34. The molecule has 1 aliphatic heterocycles.